The molecule has 1 atom stereocenters. The maximum absolute atomic E-state index is 12.5. The van der Waals surface area contributed by atoms with Crippen molar-refractivity contribution < 1.29 is 13.2 Å². The Balaban J connectivity index is 1.60. The number of sulfone groups is 1. The second-order valence-corrected chi connectivity index (χ2v) is 9.34. The molecule has 1 saturated heterocycles. The van der Waals surface area contributed by atoms with Gasteiger partial charge in [0.05, 0.1) is 11.5 Å². The van der Waals surface area contributed by atoms with Gasteiger partial charge in [-0.25, -0.2) is 8.42 Å². The highest BCUT2D eigenvalue weighted by molar-refractivity contribution is 7.91. The van der Waals surface area contributed by atoms with E-state index in [1.54, 1.807) is 19.2 Å². The van der Waals surface area contributed by atoms with Crippen molar-refractivity contribution in [2.75, 3.05) is 23.9 Å². The van der Waals surface area contributed by atoms with Crippen LogP contribution >= 0.6 is 0 Å². The molecule has 0 bridgehead atoms. The molecule has 1 saturated carbocycles. The zero-order valence-corrected chi connectivity index (χ0v) is 15.5. The van der Waals surface area contributed by atoms with Crippen molar-refractivity contribution in [3.05, 3.63) is 17.8 Å². The summed E-state index contributed by atoms with van der Waals surface area (Å²) in [5.74, 6) is 0.583. The Hall–Kier alpha value is -1.70. The van der Waals surface area contributed by atoms with Gasteiger partial charge in [0.1, 0.15) is 5.82 Å². The number of nitrogens with one attached hydrogen (secondary N) is 1. The highest BCUT2D eigenvalue weighted by atomic mass is 32.2. The fraction of sp³-hybridized carbons (Fsp3) is 0.706. The molecule has 0 radical (unpaired) electrons. The van der Waals surface area contributed by atoms with E-state index in [1.807, 2.05) is 0 Å². The number of nitrogens with zero attached hydrogens (tertiary/aromatic N) is 3. The van der Waals surface area contributed by atoms with E-state index in [2.05, 4.69) is 15.5 Å². The predicted octanol–water partition coefficient (Wildman–Crippen LogP) is 1.87. The first kappa shape index (κ1) is 18.1. The summed E-state index contributed by atoms with van der Waals surface area (Å²) in [5, 5.41) is 11.6. The Morgan fingerprint density at radius 1 is 1.12 bits per heavy atom. The third-order valence-electron chi connectivity index (χ3n) is 5.17. The molecule has 3 rings (SSSR count). The molecule has 0 spiro atoms. The molecule has 138 valence electrons. The van der Waals surface area contributed by atoms with Crippen molar-refractivity contribution in [1.29, 1.82) is 0 Å². The lowest BCUT2D eigenvalue weighted by molar-refractivity contribution is 0.0740. The van der Waals surface area contributed by atoms with Gasteiger partial charge < -0.3 is 10.2 Å². The van der Waals surface area contributed by atoms with E-state index in [0.717, 1.165) is 12.8 Å². The zero-order chi connectivity index (χ0) is 17.9. The van der Waals surface area contributed by atoms with Gasteiger partial charge in [0.15, 0.2) is 15.5 Å². The normalized spacial score (nSPS) is 23.8. The average molecular weight is 366 g/mol. The zero-order valence-electron chi connectivity index (χ0n) is 14.6. The topological polar surface area (TPSA) is 92.3 Å². The number of hydrogen-bond acceptors (Lipinski definition) is 6. The quantitative estimate of drug-likeness (QED) is 0.818. The second-order valence-electron chi connectivity index (χ2n) is 7.11. The molecule has 1 N–H and O–H groups in total. The second kappa shape index (κ2) is 7.68. The number of hydrogen-bond donors (Lipinski definition) is 1. The van der Waals surface area contributed by atoms with E-state index in [0.29, 0.717) is 18.3 Å². The Kier molecular flexibility index (Phi) is 5.56. The Morgan fingerprint density at radius 3 is 2.40 bits per heavy atom. The molecule has 2 heterocycles. The van der Waals surface area contributed by atoms with Crippen molar-refractivity contribution in [2.45, 2.75) is 57.0 Å². The number of carbonyl (C=O) groups excluding carboxylic acids is 1. The number of carbonyl (C=O) groups is 1. The Bertz CT molecular complexity index is 697. The van der Waals surface area contributed by atoms with Crippen molar-refractivity contribution in [3.8, 4) is 0 Å². The maximum Gasteiger partial charge on any atom is 0.274 e. The van der Waals surface area contributed by atoms with E-state index in [-0.39, 0.29) is 29.1 Å². The maximum atomic E-state index is 12.5. The van der Waals surface area contributed by atoms with E-state index >= 15 is 0 Å². The van der Waals surface area contributed by atoms with Gasteiger partial charge in [0, 0.05) is 19.1 Å². The minimum absolute atomic E-state index is 0.0317. The molecule has 1 unspecified atom stereocenters. The van der Waals surface area contributed by atoms with Gasteiger partial charge in [0.2, 0.25) is 0 Å². The third-order valence-corrected chi connectivity index (χ3v) is 6.92. The van der Waals surface area contributed by atoms with Crippen molar-refractivity contribution >= 4 is 21.6 Å². The first-order chi connectivity index (χ1) is 11.9. The highest BCUT2D eigenvalue weighted by Gasteiger charge is 2.33. The third kappa shape index (κ3) is 4.68. The first-order valence-electron chi connectivity index (χ1n) is 9.02. The van der Waals surface area contributed by atoms with Gasteiger partial charge in [-0.15, -0.1) is 10.2 Å². The van der Waals surface area contributed by atoms with Crippen LogP contribution in [0.4, 0.5) is 5.82 Å². The SMILES string of the molecule is CN(C(=O)c1ccc(NC2CCCCCC2)nn1)C1CCS(=O)(=O)C1. The summed E-state index contributed by atoms with van der Waals surface area (Å²) < 4.78 is 23.2. The van der Waals surface area contributed by atoms with Crippen LogP contribution in [0.5, 0.6) is 0 Å². The summed E-state index contributed by atoms with van der Waals surface area (Å²) in [6, 6.07) is 3.59. The molecule has 2 aliphatic rings. The van der Waals surface area contributed by atoms with Crippen LogP contribution in [0.1, 0.15) is 55.4 Å². The molecular weight excluding hydrogens is 340 g/mol. The molecular formula is C17H26N4O3S. The van der Waals surface area contributed by atoms with Crippen LogP contribution in [0.3, 0.4) is 0 Å². The molecule has 2 fully saturated rings. The minimum atomic E-state index is -3.02. The van der Waals surface area contributed by atoms with Crippen molar-refractivity contribution in [2.24, 2.45) is 0 Å². The summed E-state index contributed by atoms with van der Waals surface area (Å²) in [6.07, 6.45) is 7.82. The van der Waals surface area contributed by atoms with Gasteiger partial charge >= 0.3 is 0 Å². The lowest BCUT2D eigenvalue weighted by Gasteiger charge is -2.23. The average Bonchev–Trinajstić information content (AvgIpc) is 2.80. The van der Waals surface area contributed by atoms with Crippen LogP contribution < -0.4 is 5.32 Å². The highest BCUT2D eigenvalue weighted by Crippen LogP contribution is 2.21. The van der Waals surface area contributed by atoms with Crippen LogP contribution in [0.15, 0.2) is 12.1 Å². The number of amides is 1. The van der Waals surface area contributed by atoms with Crippen LogP contribution in [-0.2, 0) is 9.84 Å². The molecule has 1 aliphatic carbocycles. The predicted molar refractivity (Wildman–Crippen MR) is 96.3 cm³/mol. The first-order valence-corrected chi connectivity index (χ1v) is 10.8. The molecule has 7 nitrogen and oxygen atoms in total. The fourth-order valence-electron chi connectivity index (χ4n) is 3.58. The van der Waals surface area contributed by atoms with Crippen LogP contribution in [0, 0.1) is 0 Å². The fourth-order valence-corrected chi connectivity index (χ4v) is 5.36. The van der Waals surface area contributed by atoms with Crippen LogP contribution in [0.2, 0.25) is 0 Å². The van der Waals surface area contributed by atoms with Gasteiger partial charge in [0.25, 0.3) is 5.91 Å². The molecule has 0 aromatic carbocycles. The van der Waals surface area contributed by atoms with Gasteiger partial charge in [-0.3, -0.25) is 4.79 Å². The van der Waals surface area contributed by atoms with Gasteiger partial charge in [-0.05, 0) is 31.4 Å². The number of aromatic nitrogens is 2. The Morgan fingerprint density at radius 2 is 1.84 bits per heavy atom. The number of rotatable bonds is 4. The molecule has 8 heteroatoms. The van der Waals surface area contributed by atoms with E-state index in [4.69, 9.17) is 0 Å². The lowest BCUT2D eigenvalue weighted by atomic mass is 10.1. The lowest BCUT2D eigenvalue weighted by Crippen LogP contribution is -2.38. The molecule has 1 amide bonds. The molecule has 1 aliphatic heterocycles. The van der Waals surface area contributed by atoms with Crippen molar-refractivity contribution in [1.82, 2.24) is 15.1 Å². The molecule has 25 heavy (non-hydrogen) atoms. The minimum Gasteiger partial charge on any atom is -0.366 e. The summed E-state index contributed by atoms with van der Waals surface area (Å²) in [4.78, 5) is 14.0. The van der Waals surface area contributed by atoms with Crippen LogP contribution in [0.25, 0.3) is 0 Å². The summed E-state index contributed by atoms with van der Waals surface area (Å²) in [6.45, 7) is 0. The standard InChI is InChI=1S/C17H26N4O3S/c1-21(14-10-11-25(23,24)12-14)17(22)15-8-9-16(20-19-15)18-13-6-4-2-3-5-7-13/h8-9,13-14H,2-7,10-12H2,1H3,(H,18,20). The monoisotopic (exact) mass is 366 g/mol. The molecule has 1 aromatic heterocycles. The Labute approximate surface area is 149 Å². The van der Waals surface area contributed by atoms with Gasteiger partial charge in [-0.1, -0.05) is 25.7 Å². The van der Waals surface area contributed by atoms with Gasteiger partial charge in [-0.2, -0.15) is 0 Å². The molecule has 1 aromatic rings. The number of anilines is 1. The smallest absolute Gasteiger partial charge is 0.274 e. The summed E-state index contributed by atoms with van der Waals surface area (Å²) in [5.41, 5.74) is 0.248. The van der Waals surface area contributed by atoms with Crippen molar-refractivity contribution in [3.63, 3.8) is 0 Å². The van der Waals surface area contributed by atoms with E-state index < -0.39 is 9.84 Å². The summed E-state index contributed by atoms with van der Waals surface area (Å²) >= 11 is 0. The van der Waals surface area contributed by atoms with E-state index in [1.165, 1.54) is 30.6 Å². The van der Waals surface area contributed by atoms with E-state index in [9.17, 15) is 13.2 Å². The summed E-state index contributed by atoms with van der Waals surface area (Å²) in [7, 11) is -1.39. The van der Waals surface area contributed by atoms with Crippen LogP contribution in [-0.4, -0.2) is 60.1 Å². The largest absolute Gasteiger partial charge is 0.366 e.